The highest BCUT2D eigenvalue weighted by Crippen LogP contribution is 2.33. The predicted octanol–water partition coefficient (Wildman–Crippen LogP) is 2.52. The van der Waals surface area contributed by atoms with Crippen molar-refractivity contribution in [2.45, 2.75) is 13.3 Å². The van der Waals surface area contributed by atoms with Crippen molar-refractivity contribution in [3.8, 4) is 11.9 Å². The Balaban J connectivity index is 2.20. The second-order valence-corrected chi connectivity index (χ2v) is 5.27. The van der Waals surface area contributed by atoms with Gasteiger partial charge in [-0.1, -0.05) is 30.3 Å². The van der Waals surface area contributed by atoms with Crippen molar-refractivity contribution in [2.75, 3.05) is 19.5 Å². The first-order chi connectivity index (χ1) is 11.6. The zero-order valence-electron chi connectivity index (χ0n) is 13.7. The van der Waals surface area contributed by atoms with Crippen LogP contribution in [0, 0.1) is 0 Å². The molecule has 2 heterocycles. The van der Waals surface area contributed by atoms with Gasteiger partial charge in [0.1, 0.15) is 16.9 Å². The molecular weight excluding hydrogens is 308 g/mol. The molecule has 0 aliphatic rings. The SMILES string of the molecule is COc1nc(OC)c2[nH]c(NC(C)=O)c(Cc3ccccc3)c2n1. The Labute approximate surface area is 139 Å². The molecule has 1 aromatic carbocycles. The van der Waals surface area contributed by atoms with Crippen molar-refractivity contribution in [1.82, 2.24) is 15.0 Å². The summed E-state index contributed by atoms with van der Waals surface area (Å²) in [5.74, 6) is 0.778. The molecule has 0 unspecified atom stereocenters. The van der Waals surface area contributed by atoms with Crippen LogP contribution in [0.25, 0.3) is 11.0 Å². The van der Waals surface area contributed by atoms with Gasteiger partial charge in [0.05, 0.1) is 14.2 Å². The number of H-pyrrole nitrogens is 1. The summed E-state index contributed by atoms with van der Waals surface area (Å²) in [6, 6.07) is 10.2. The lowest BCUT2D eigenvalue weighted by Gasteiger charge is -2.06. The molecule has 7 heteroatoms. The van der Waals surface area contributed by atoms with Gasteiger partial charge in [-0.05, 0) is 5.56 Å². The number of rotatable bonds is 5. The van der Waals surface area contributed by atoms with Crippen molar-refractivity contribution >= 4 is 22.8 Å². The number of benzene rings is 1. The van der Waals surface area contributed by atoms with Gasteiger partial charge >= 0.3 is 6.01 Å². The molecular formula is C17H18N4O3. The van der Waals surface area contributed by atoms with Gasteiger partial charge < -0.3 is 19.8 Å². The van der Waals surface area contributed by atoms with Crippen LogP contribution in [-0.4, -0.2) is 35.1 Å². The average molecular weight is 326 g/mol. The molecule has 1 amide bonds. The summed E-state index contributed by atoms with van der Waals surface area (Å²) in [6.45, 7) is 1.46. The van der Waals surface area contributed by atoms with E-state index in [1.807, 2.05) is 30.3 Å². The summed E-state index contributed by atoms with van der Waals surface area (Å²) in [5.41, 5.74) is 3.23. The lowest BCUT2D eigenvalue weighted by atomic mass is 10.1. The summed E-state index contributed by atoms with van der Waals surface area (Å²) < 4.78 is 10.5. The van der Waals surface area contributed by atoms with E-state index in [-0.39, 0.29) is 11.9 Å². The van der Waals surface area contributed by atoms with E-state index in [0.29, 0.717) is 29.2 Å². The zero-order chi connectivity index (χ0) is 17.1. The van der Waals surface area contributed by atoms with E-state index in [2.05, 4.69) is 20.3 Å². The van der Waals surface area contributed by atoms with Crippen LogP contribution < -0.4 is 14.8 Å². The highest BCUT2D eigenvalue weighted by atomic mass is 16.5. The van der Waals surface area contributed by atoms with Gasteiger partial charge in [0.2, 0.25) is 11.8 Å². The third-order valence-electron chi connectivity index (χ3n) is 3.59. The van der Waals surface area contributed by atoms with E-state index in [0.717, 1.165) is 11.1 Å². The van der Waals surface area contributed by atoms with Crippen LogP contribution in [0.3, 0.4) is 0 Å². The third-order valence-corrected chi connectivity index (χ3v) is 3.59. The van der Waals surface area contributed by atoms with Gasteiger partial charge in [0.15, 0.2) is 0 Å². The highest BCUT2D eigenvalue weighted by Gasteiger charge is 2.20. The molecule has 2 N–H and O–H groups in total. The van der Waals surface area contributed by atoms with Gasteiger partial charge in [0.25, 0.3) is 0 Å². The number of anilines is 1. The first-order valence-electron chi connectivity index (χ1n) is 7.44. The summed E-state index contributed by atoms with van der Waals surface area (Å²) in [7, 11) is 3.02. The van der Waals surface area contributed by atoms with Crippen LogP contribution in [0.2, 0.25) is 0 Å². The quantitative estimate of drug-likeness (QED) is 0.752. The predicted molar refractivity (Wildman–Crippen MR) is 90.5 cm³/mol. The minimum Gasteiger partial charge on any atom is -0.479 e. The van der Waals surface area contributed by atoms with Gasteiger partial charge in [-0.2, -0.15) is 9.97 Å². The van der Waals surface area contributed by atoms with Gasteiger partial charge in [-0.25, -0.2) is 0 Å². The first-order valence-corrected chi connectivity index (χ1v) is 7.44. The Morgan fingerprint density at radius 3 is 2.54 bits per heavy atom. The van der Waals surface area contributed by atoms with Gasteiger partial charge in [-0.15, -0.1) is 0 Å². The van der Waals surface area contributed by atoms with E-state index in [9.17, 15) is 4.79 Å². The minimum absolute atomic E-state index is 0.172. The van der Waals surface area contributed by atoms with Crippen LogP contribution in [0.4, 0.5) is 5.82 Å². The second-order valence-electron chi connectivity index (χ2n) is 5.27. The Morgan fingerprint density at radius 2 is 1.92 bits per heavy atom. The minimum atomic E-state index is -0.172. The number of hydrogen-bond acceptors (Lipinski definition) is 5. The van der Waals surface area contributed by atoms with Crippen LogP contribution >= 0.6 is 0 Å². The third kappa shape index (κ3) is 3.01. The molecule has 3 aromatic rings. The number of carbonyl (C=O) groups is 1. The number of nitrogens with zero attached hydrogens (tertiary/aromatic N) is 2. The number of ether oxygens (including phenoxy) is 2. The topological polar surface area (TPSA) is 89.1 Å². The number of aromatic amines is 1. The van der Waals surface area contributed by atoms with Crippen molar-refractivity contribution in [3.05, 3.63) is 41.5 Å². The molecule has 0 spiro atoms. The van der Waals surface area contributed by atoms with E-state index in [1.165, 1.54) is 21.1 Å². The van der Waals surface area contributed by atoms with Crippen LogP contribution in [0.5, 0.6) is 11.9 Å². The fourth-order valence-corrected chi connectivity index (χ4v) is 2.56. The number of nitrogens with one attached hydrogen (secondary N) is 2. The molecule has 124 valence electrons. The average Bonchev–Trinajstić information content (AvgIpc) is 2.91. The molecule has 3 rings (SSSR count). The van der Waals surface area contributed by atoms with Crippen LogP contribution in [-0.2, 0) is 11.2 Å². The molecule has 7 nitrogen and oxygen atoms in total. The van der Waals surface area contributed by atoms with Crippen molar-refractivity contribution in [1.29, 1.82) is 0 Å². The number of aromatic nitrogens is 3. The monoisotopic (exact) mass is 326 g/mol. The molecule has 0 saturated heterocycles. The number of amides is 1. The molecule has 0 saturated carbocycles. The molecule has 0 aliphatic heterocycles. The summed E-state index contributed by atoms with van der Waals surface area (Å²) in [6.07, 6.45) is 0.597. The number of carbonyl (C=O) groups excluding carboxylic acids is 1. The van der Waals surface area contributed by atoms with E-state index in [4.69, 9.17) is 9.47 Å². The summed E-state index contributed by atoms with van der Waals surface area (Å²) >= 11 is 0. The second kappa shape index (κ2) is 6.57. The maximum atomic E-state index is 11.5. The molecule has 0 bridgehead atoms. The summed E-state index contributed by atoms with van der Waals surface area (Å²) in [4.78, 5) is 23.3. The fourth-order valence-electron chi connectivity index (χ4n) is 2.56. The number of fused-ring (bicyclic) bond motifs is 1. The maximum absolute atomic E-state index is 11.5. The highest BCUT2D eigenvalue weighted by molar-refractivity contribution is 5.96. The number of methoxy groups -OCH3 is 2. The van der Waals surface area contributed by atoms with E-state index in [1.54, 1.807) is 0 Å². The molecule has 0 fully saturated rings. The van der Waals surface area contributed by atoms with E-state index < -0.39 is 0 Å². The van der Waals surface area contributed by atoms with Gasteiger partial charge in [-0.3, -0.25) is 4.79 Å². The molecule has 0 aliphatic carbocycles. The Kier molecular flexibility index (Phi) is 4.33. The maximum Gasteiger partial charge on any atom is 0.320 e. The van der Waals surface area contributed by atoms with Crippen LogP contribution in [0.15, 0.2) is 30.3 Å². The Hall–Kier alpha value is -3.09. The molecule has 0 atom stereocenters. The van der Waals surface area contributed by atoms with Crippen molar-refractivity contribution < 1.29 is 14.3 Å². The fraction of sp³-hybridized carbons (Fsp3) is 0.235. The zero-order valence-corrected chi connectivity index (χ0v) is 13.7. The smallest absolute Gasteiger partial charge is 0.320 e. The lowest BCUT2D eigenvalue weighted by molar-refractivity contribution is -0.114. The molecule has 2 aromatic heterocycles. The first kappa shape index (κ1) is 15.8. The lowest BCUT2D eigenvalue weighted by Crippen LogP contribution is -2.08. The normalized spacial score (nSPS) is 10.6. The Bertz CT molecular complexity index is 874. The van der Waals surface area contributed by atoms with E-state index >= 15 is 0 Å². The standard InChI is InChI=1S/C17H18N4O3/c1-10(22)18-15-12(9-11-7-5-4-6-8-11)13-14(19-15)16(23-2)21-17(20-13)24-3/h4-8,19H,9H2,1-3H3,(H,18,22). The van der Waals surface area contributed by atoms with Crippen LogP contribution in [0.1, 0.15) is 18.1 Å². The summed E-state index contributed by atoms with van der Waals surface area (Å²) in [5, 5.41) is 2.81. The number of hydrogen-bond donors (Lipinski definition) is 2. The molecule has 0 radical (unpaired) electrons. The van der Waals surface area contributed by atoms with Crippen molar-refractivity contribution in [3.63, 3.8) is 0 Å². The largest absolute Gasteiger partial charge is 0.479 e. The molecule has 24 heavy (non-hydrogen) atoms. The van der Waals surface area contributed by atoms with Gasteiger partial charge in [0, 0.05) is 18.9 Å². The Morgan fingerprint density at radius 1 is 1.17 bits per heavy atom. The van der Waals surface area contributed by atoms with Crippen molar-refractivity contribution in [2.24, 2.45) is 0 Å².